The minimum Gasteiger partial charge on any atom is -0.375 e. The van der Waals surface area contributed by atoms with E-state index in [-0.39, 0.29) is 11.9 Å². The van der Waals surface area contributed by atoms with E-state index in [1.165, 1.54) is 11.8 Å². The van der Waals surface area contributed by atoms with E-state index < -0.39 is 0 Å². The van der Waals surface area contributed by atoms with Crippen LogP contribution in [-0.4, -0.2) is 9.78 Å². The van der Waals surface area contributed by atoms with Gasteiger partial charge in [0.25, 0.3) is 0 Å². The van der Waals surface area contributed by atoms with Crippen LogP contribution in [0.3, 0.4) is 0 Å². The van der Waals surface area contributed by atoms with Gasteiger partial charge < -0.3 is 5.32 Å². The molecule has 0 amide bonds. The number of halogens is 2. The Hall–Kier alpha value is -1.55. The van der Waals surface area contributed by atoms with Gasteiger partial charge in [-0.3, -0.25) is 4.68 Å². The Morgan fingerprint density at radius 3 is 3.11 bits per heavy atom. The number of fused-ring (bicyclic) bond motifs is 1. The number of nitrogens with zero attached hydrogens (tertiary/aromatic N) is 2. The molecule has 0 saturated carbocycles. The van der Waals surface area contributed by atoms with E-state index in [0.717, 1.165) is 24.8 Å². The van der Waals surface area contributed by atoms with Crippen molar-refractivity contribution < 1.29 is 4.39 Å². The van der Waals surface area contributed by atoms with Gasteiger partial charge in [-0.1, -0.05) is 17.7 Å². The van der Waals surface area contributed by atoms with E-state index in [4.69, 9.17) is 11.6 Å². The van der Waals surface area contributed by atoms with Gasteiger partial charge in [-0.05, 0) is 31.4 Å². The van der Waals surface area contributed by atoms with Gasteiger partial charge in [0.05, 0.1) is 22.9 Å². The van der Waals surface area contributed by atoms with Crippen LogP contribution < -0.4 is 5.32 Å². The van der Waals surface area contributed by atoms with E-state index in [2.05, 4.69) is 10.4 Å². The number of aromatic nitrogens is 2. The molecule has 1 aromatic carbocycles. The lowest BCUT2D eigenvalue weighted by molar-refractivity contribution is 0.565. The van der Waals surface area contributed by atoms with Gasteiger partial charge in [0.15, 0.2) is 0 Å². The molecule has 0 radical (unpaired) electrons. The summed E-state index contributed by atoms with van der Waals surface area (Å²) in [5.41, 5.74) is 2.75. The first-order valence-corrected chi connectivity index (χ1v) is 6.76. The zero-order valence-electron chi connectivity index (χ0n) is 10.7. The van der Waals surface area contributed by atoms with Gasteiger partial charge in [-0.2, -0.15) is 5.10 Å². The van der Waals surface area contributed by atoms with Crippen LogP contribution in [0.4, 0.5) is 10.1 Å². The predicted molar refractivity (Wildman–Crippen MR) is 73.9 cm³/mol. The van der Waals surface area contributed by atoms with Gasteiger partial charge in [-0.15, -0.1) is 0 Å². The standard InChI is InChI=1S/C14H15ClFN3/c1-19-13-7-3-6-12(9(13)8-17-19)18-14-10(15)4-2-5-11(14)16/h2,4-5,8,12,18H,3,6-7H2,1H3. The Morgan fingerprint density at radius 2 is 2.32 bits per heavy atom. The molecular formula is C14H15ClFN3. The van der Waals surface area contributed by atoms with Crippen LogP contribution in [0.5, 0.6) is 0 Å². The third-order valence-electron chi connectivity index (χ3n) is 3.66. The molecule has 1 aromatic heterocycles. The largest absolute Gasteiger partial charge is 0.375 e. The lowest BCUT2D eigenvalue weighted by Crippen LogP contribution is -2.18. The second-order valence-corrected chi connectivity index (χ2v) is 5.26. The zero-order valence-corrected chi connectivity index (χ0v) is 11.4. The van der Waals surface area contributed by atoms with Gasteiger partial charge in [0.2, 0.25) is 0 Å². The molecule has 3 nitrogen and oxygen atoms in total. The summed E-state index contributed by atoms with van der Waals surface area (Å²) >= 11 is 6.06. The minimum absolute atomic E-state index is 0.0758. The Balaban J connectivity index is 1.93. The Bertz CT molecular complexity index is 588. The number of hydrogen-bond donors (Lipinski definition) is 1. The number of aryl methyl sites for hydroxylation is 1. The molecule has 100 valence electrons. The SMILES string of the molecule is Cn1ncc2c1CCCC2Nc1c(F)cccc1Cl. The normalized spacial score (nSPS) is 18.2. The summed E-state index contributed by atoms with van der Waals surface area (Å²) in [5.74, 6) is -0.316. The summed E-state index contributed by atoms with van der Waals surface area (Å²) in [6.07, 6.45) is 4.91. The first-order chi connectivity index (χ1) is 9.16. The third-order valence-corrected chi connectivity index (χ3v) is 3.97. The van der Waals surface area contributed by atoms with Crippen molar-refractivity contribution in [2.45, 2.75) is 25.3 Å². The number of nitrogens with one attached hydrogen (secondary N) is 1. The van der Waals surface area contributed by atoms with Gasteiger partial charge >= 0.3 is 0 Å². The van der Waals surface area contributed by atoms with Crippen molar-refractivity contribution in [3.05, 3.63) is 46.5 Å². The number of anilines is 1. The second-order valence-electron chi connectivity index (χ2n) is 4.86. The van der Waals surface area contributed by atoms with Crippen molar-refractivity contribution in [1.29, 1.82) is 0 Å². The Morgan fingerprint density at radius 1 is 1.47 bits per heavy atom. The Kier molecular flexibility index (Phi) is 3.19. The highest BCUT2D eigenvalue weighted by Crippen LogP contribution is 2.35. The fourth-order valence-electron chi connectivity index (χ4n) is 2.67. The van der Waals surface area contributed by atoms with Crippen LogP contribution in [-0.2, 0) is 13.5 Å². The third kappa shape index (κ3) is 2.21. The molecule has 0 fully saturated rings. The fourth-order valence-corrected chi connectivity index (χ4v) is 2.88. The van der Waals surface area contributed by atoms with E-state index in [9.17, 15) is 4.39 Å². The highest BCUT2D eigenvalue weighted by molar-refractivity contribution is 6.33. The topological polar surface area (TPSA) is 29.9 Å². The number of rotatable bonds is 2. The van der Waals surface area contributed by atoms with Crippen molar-refractivity contribution in [2.75, 3.05) is 5.32 Å². The van der Waals surface area contributed by atoms with Crippen LogP contribution >= 0.6 is 11.6 Å². The molecule has 0 saturated heterocycles. The summed E-state index contributed by atoms with van der Waals surface area (Å²) < 4.78 is 15.7. The molecule has 0 aliphatic heterocycles. The summed E-state index contributed by atoms with van der Waals surface area (Å²) in [6, 6.07) is 4.80. The van der Waals surface area contributed by atoms with E-state index >= 15 is 0 Å². The molecule has 0 spiro atoms. The molecule has 5 heteroatoms. The van der Waals surface area contributed by atoms with Crippen molar-refractivity contribution >= 4 is 17.3 Å². The molecule has 19 heavy (non-hydrogen) atoms. The first kappa shape index (κ1) is 12.5. The molecule has 1 N–H and O–H groups in total. The van der Waals surface area contributed by atoms with Crippen LogP contribution in [0.1, 0.15) is 30.1 Å². The lowest BCUT2D eigenvalue weighted by Gasteiger charge is -2.25. The second kappa shape index (κ2) is 4.85. The lowest BCUT2D eigenvalue weighted by atomic mass is 9.93. The predicted octanol–water partition coefficient (Wildman–Crippen LogP) is 3.70. The highest BCUT2D eigenvalue weighted by Gasteiger charge is 2.24. The molecule has 1 aliphatic rings. The smallest absolute Gasteiger partial charge is 0.147 e. The van der Waals surface area contributed by atoms with Gasteiger partial charge in [-0.25, -0.2) is 4.39 Å². The number of hydrogen-bond acceptors (Lipinski definition) is 2. The minimum atomic E-state index is -0.316. The molecular weight excluding hydrogens is 265 g/mol. The monoisotopic (exact) mass is 279 g/mol. The first-order valence-electron chi connectivity index (χ1n) is 6.38. The molecule has 0 bridgehead atoms. The van der Waals surface area contributed by atoms with Crippen molar-refractivity contribution in [2.24, 2.45) is 7.05 Å². The van der Waals surface area contributed by atoms with Crippen molar-refractivity contribution in [3.8, 4) is 0 Å². The van der Waals surface area contributed by atoms with Crippen LogP contribution in [0.25, 0.3) is 0 Å². The van der Waals surface area contributed by atoms with E-state index in [1.807, 2.05) is 17.9 Å². The zero-order chi connectivity index (χ0) is 13.4. The number of para-hydroxylation sites is 1. The average Bonchev–Trinajstić information content (AvgIpc) is 2.77. The fraction of sp³-hybridized carbons (Fsp3) is 0.357. The van der Waals surface area contributed by atoms with Gasteiger partial charge in [0, 0.05) is 18.3 Å². The maximum Gasteiger partial charge on any atom is 0.147 e. The maximum absolute atomic E-state index is 13.8. The maximum atomic E-state index is 13.8. The summed E-state index contributed by atoms with van der Waals surface area (Å²) in [7, 11) is 1.94. The highest BCUT2D eigenvalue weighted by atomic mass is 35.5. The van der Waals surface area contributed by atoms with Gasteiger partial charge in [0.1, 0.15) is 5.82 Å². The molecule has 1 heterocycles. The van der Waals surface area contributed by atoms with Crippen molar-refractivity contribution in [3.63, 3.8) is 0 Å². The average molecular weight is 280 g/mol. The van der Waals surface area contributed by atoms with Crippen LogP contribution in [0.15, 0.2) is 24.4 Å². The molecule has 1 unspecified atom stereocenters. The van der Waals surface area contributed by atoms with Crippen molar-refractivity contribution in [1.82, 2.24) is 9.78 Å². The van der Waals surface area contributed by atoms with E-state index in [0.29, 0.717) is 10.7 Å². The summed E-state index contributed by atoms with van der Waals surface area (Å²) in [6.45, 7) is 0. The molecule has 3 rings (SSSR count). The van der Waals surface area contributed by atoms with Crippen LogP contribution in [0.2, 0.25) is 5.02 Å². The summed E-state index contributed by atoms with van der Waals surface area (Å²) in [5, 5.41) is 7.92. The molecule has 1 atom stereocenters. The van der Waals surface area contributed by atoms with E-state index in [1.54, 1.807) is 12.1 Å². The molecule has 1 aliphatic carbocycles. The molecule has 2 aromatic rings. The quantitative estimate of drug-likeness (QED) is 0.908. The number of benzene rings is 1. The van der Waals surface area contributed by atoms with Crippen LogP contribution in [0, 0.1) is 5.82 Å². The Labute approximate surface area is 116 Å². The summed E-state index contributed by atoms with van der Waals surface area (Å²) in [4.78, 5) is 0.